The van der Waals surface area contributed by atoms with E-state index in [0.717, 1.165) is 10.6 Å². The van der Waals surface area contributed by atoms with Gasteiger partial charge < -0.3 is 0 Å². The van der Waals surface area contributed by atoms with Crippen LogP contribution in [0.5, 0.6) is 0 Å². The molecule has 2 aromatic rings. The van der Waals surface area contributed by atoms with Crippen molar-refractivity contribution in [2.24, 2.45) is 0 Å². The van der Waals surface area contributed by atoms with Gasteiger partial charge in [-0.3, -0.25) is 4.79 Å². The molecule has 2 nitrogen and oxygen atoms in total. The zero-order valence-corrected chi connectivity index (χ0v) is 11.2. The summed E-state index contributed by atoms with van der Waals surface area (Å²) in [5, 5.41) is 1.41. The fourth-order valence-corrected chi connectivity index (χ4v) is 2.59. The van der Waals surface area contributed by atoms with Crippen molar-refractivity contribution in [1.29, 1.82) is 0 Å². The quantitative estimate of drug-likeness (QED) is 0.609. The van der Waals surface area contributed by atoms with Crippen LogP contribution in [0.25, 0.3) is 0 Å². The lowest BCUT2D eigenvalue weighted by Gasteiger charge is -2.02. The van der Waals surface area contributed by atoms with Crippen LogP contribution in [-0.4, -0.2) is 16.5 Å². The maximum atomic E-state index is 11.9. The summed E-state index contributed by atoms with van der Waals surface area (Å²) in [7, 11) is 0. The summed E-state index contributed by atoms with van der Waals surface area (Å²) in [5.41, 5.74) is 0.755. The summed E-state index contributed by atoms with van der Waals surface area (Å²) in [4.78, 5) is 16.0. The minimum absolute atomic E-state index is 0.148. The maximum Gasteiger partial charge on any atom is 0.163 e. The van der Waals surface area contributed by atoms with Gasteiger partial charge in [0.2, 0.25) is 0 Å². The van der Waals surface area contributed by atoms with E-state index < -0.39 is 0 Å². The third-order valence-electron chi connectivity index (χ3n) is 2.39. The molecule has 0 spiro atoms. The molecule has 92 valence electrons. The Labute approximate surface area is 115 Å². The first-order valence-electron chi connectivity index (χ1n) is 5.59. The average molecular weight is 278 g/mol. The van der Waals surface area contributed by atoms with Crippen molar-refractivity contribution in [3.05, 3.63) is 59.2 Å². The van der Waals surface area contributed by atoms with Gasteiger partial charge in [-0.1, -0.05) is 41.9 Å². The summed E-state index contributed by atoms with van der Waals surface area (Å²) < 4.78 is 0. The van der Waals surface area contributed by atoms with Crippen LogP contribution in [-0.2, 0) is 0 Å². The number of thioether (sulfide) groups is 1. The predicted molar refractivity (Wildman–Crippen MR) is 75.4 cm³/mol. The highest BCUT2D eigenvalue weighted by molar-refractivity contribution is 7.99. The molecule has 0 N–H and O–H groups in total. The van der Waals surface area contributed by atoms with Gasteiger partial charge in [-0.2, -0.15) is 0 Å². The second kappa shape index (κ2) is 6.57. The standard InChI is InChI=1S/C14H12ClNOS/c15-12-7-4-9-16-14(12)18-10-8-13(17)11-5-2-1-3-6-11/h1-7,9H,8,10H2. The van der Waals surface area contributed by atoms with Gasteiger partial charge in [0.05, 0.1) is 5.02 Å². The van der Waals surface area contributed by atoms with Gasteiger partial charge in [-0.15, -0.1) is 11.8 Å². The lowest BCUT2D eigenvalue weighted by molar-refractivity contribution is 0.0989. The van der Waals surface area contributed by atoms with Crippen molar-refractivity contribution in [3.63, 3.8) is 0 Å². The lowest BCUT2D eigenvalue weighted by Crippen LogP contribution is -2.00. The van der Waals surface area contributed by atoms with Crippen molar-refractivity contribution in [2.75, 3.05) is 5.75 Å². The molecule has 0 atom stereocenters. The molecule has 0 aliphatic rings. The molecule has 0 unspecified atom stereocenters. The summed E-state index contributed by atoms with van der Waals surface area (Å²) in [6.07, 6.45) is 2.19. The number of rotatable bonds is 5. The fourth-order valence-electron chi connectivity index (χ4n) is 1.49. The number of benzene rings is 1. The smallest absolute Gasteiger partial charge is 0.163 e. The fraction of sp³-hybridized carbons (Fsp3) is 0.143. The zero-order chi connectivity index (χ0) is 12.8. The second-order valence-electron chi connectivity index (χ2n) is 3.68. The van der Waals surface area contributed by atoms with Crippen molar-refractivity contribution in [3.8, 4) is 0 Å². The Morgan fingerprint density at radius 1 is 1.17 bits per heavy atom. The van der Waals surface area contributed by atoms with Gasteiger partial charge in [-0.25, -0.2) is 4.98 Å². The molecule has 0 fully saturated rings. The number of hydrogen-bond acceptors (Lipinski definition) is 3. The van der Waals surface area contributed by atoms with E-state index in [1.54, 1.807) is 18.3 Å². The molecule has 4 heteroatoms. The van der Waals surface area contributed by atoms with E-state index in [9.17, 15) is 4.79 Å². The number of carbonyl (C=O) groups is 1. The van der Waals surface area contributed by atoms with Crippen LogP contribution >= 0.6 is 23.4 Å². The van der Waals surface area contributed by atoms with Crippen LogP contribution in [0.1, 0.15) is 16.8 Å². The van der Waals surface area contributed by atoms with Crippen molar-refractivity contribution >= 4 is 29.1 Å². The van der Waals surface area contributed by atoms with Crippen LogP contribution in [0.2, 0.25) is 5.02 Å². The number of aromatic nitrogens is 1. The Bertz CT molecular complexity index is 530. The maximum absolute atomic E-state index is 11.9. The monoisotopic (exact) mass is 277 g/mol. The highest BCUT2D eigenvalue weighted by Crippen LogP contribution is 2.24. The molecule has 1 aromatic heterocycles. The molecule has 0 amide bonds. The molecular weight excluding hydrogens is 266 g/mol. The number of Topliss-reactive ketones (excluding diaryl/α,β-unsaturated/α-hetero) is 1. The third kappa shape index (κ3) is 3.59. The van der Waals surface area contributed by atoms with Gasteiger partial charge in [0.15, 0.2) is 5.78 Å². The summed E-state index contributed by atoms with van der Waals surface area (Å²) >= 11 is 7.49. The summed E-state index contributed by atoms with van der Waals surface area (Å²) in [6.45, 7) is 0. The van der Waals surface area contributed by atoms with Gasteiger partial charge in [0, 0.05) is 23.9 Å². The minimum Gasteiger partial charge on any atom is -0.294 e. The second-order valence-corrected chi connectivity index (χ2v) is 5.17. The molecule has 1 aromatic carbocycles. The average Bonchev–Trinajstić information content (AvgIpc) is 2.42. The lowest BCUT2D eigenvalue weighted by atomic mass is 10.1. The van der Waals surface area contributed by atoms with E-state index >= 15 is 0 Å². The van der Waals surface area contributed by atoms with Gasteiger partial charge >= 0.3 is 0 Å². The molecule has 0 aliphatic heterocycles. The highest BCUT2D eigenvalue weighted by Gasteiger charge is 2.06. The number of pyridine rings is 1. The van der Waals surface area contributed by atoms with E-state index in [0.29, 0.717) is 17.2 Å². The van der Waals surface area contributed by atoms with Crippen LogP contribution in [0, 0.1) is 0 Å². The zero-order valence-electron chi connectivity index (χ0n) is 9.67. The normalized spacial score (nSPS) is 10.3. The molecular formula is C14H12ClNOS. The van der Waals surface area contributed by atoms with Gasteiger partial charge in [-0.05, 0) is 12.1 Å². The number of halogens is 1. The molecule has 1 heterocycles. The van der Waals surface area contributed by atoms with Gasteiger partial charge in [0.25, 0.3) is 0 Å². The van der Waals surface area contributed by atoms with Crippen molar-refractivity contribution in [1.82, 2.24) is 4.98 Å². The Morgan fingerprint density at radius 3 is 2.67 bits per heavy atom. The van der Waals surface area contributed by atoms with Crippen LogP contribution in [0.4, 0.5) is 0 Å². The van der Waals surface area contributed by atoms with E-state index in [2.05, 4.69) is 4.98 Å². The highest BCUT2D eigenvalue weighted by atomic mass is 35.5. The SMILES string of the molecule is O=C(CCSc1ncccc1Cl)c1ccccc1. The first-order valence-corrected chi connectivity index (χ1v) is 6.95. The molecule has 0 saturated carbocycles. The Balaban J connectivity index is 1.86. The molecule has 0 bridgehead atoms. The molecule has 0 aliphatic carbocycles. The van der Waals surface area contributed by atoms with E-state index in [-0.39, 0.29) is 5.78 Å². The predicted octanol–water partition coefficient (Wildman–Crippen LogP) is 4.10. The van der Waals surface area contributed by atoms with Crippen molar-refractivity contribution < 1.29 is 4.79 Å². The molecule has 0 saturated heterocycles. The molecule has 0 radical (unpaired) electrons. The number of nitrogens with zero attached hydrogens (tertiary/aromatic N) is 1. The minimum atomic E-state index is 0.148. The first-order chi connectivity index (χ1) is 8.77. The van der Waals surface area contributed by atoms with E-state index in [1.807, 2.05) is 30.3 Å². The van der Waals surface area contributed by atoms with E-state index in [4.69, 9.17) is 11.6 Å². The van der Waals surface area contributed by atoms with Crippen LogP contribution < -0.4 is 0 Å². The number of ketones is 1. The first kappa shape index (κ1) is 13.1. The summed E-state index contributed by atoms with van der Waals surface area (Å²) in [6, 6.07) is 12.9. The Kier molecular flexibility index (Phi) is 4.79. The third-order valence-corrected chi connectivity index (χ3v) is 3.81. The van der Waals surface area contributed by atoms with Crippen LogP contribution in [0.3, 0.4) is 0 Å². The number of hydrogen-bond donors (Lipinski definition) is 0. The van der Waals surface area contributed by atoms with Gasteiger partial charge in [0.1, 0.15) is 5.03 Å². The Morgan fingerprint density at radius 2 is 1.94 bits per heavy atom. The van der Waals surface area contributed by atoms with E-state index in [1.165, 1.54) is 11.8 Å². The molecule has 2 rings (SSSR count). The topological polar surface area (TPSA) is 30.0 Å². The van der Waals surface area contributed by atoms with Crippen molar-refractivity contribution in [2.45, 2.75) is 11.4 Å². The summed E-state index contributed by atoms with van der Waals surface area (Å²) in [5.74, 6) is 0.833. The largest absolute Gasteiger partial charge is 0.294 e. The van der Waals surface area contributed by atoms with Crippen LogP contribution in [0.15, 0.2) is 53.7 Å². The molecule has 18 heavy (non-hydrogen) atoms. The number of carbonyl (C=O) groups excluding carboxylic acids is 1. The Hall–Kier alpha value is -1.32.